The van der Waals surface area contributed by atoms with Crippen LogP contribution in [0.25, 0.3) is 10.9 Å². The second-order valence-corrected chi connectivity index (χ2v) is 5.02. The molecule has 2 N–H and O–H groups in total. The lowest BCUT2D eigenvalue weighted by atomic mass is 10.1. The number of fused-ring (bicyclic) bond motifs is 1. The van der Waals surface area contributed by atoms with Gasteiger partial charge in [0, 0.05) is 36.2 Å². The molecule has 0 aliphatic carbocycles. The molecule has 106 valence electrons. The van der Waals surface area contributed by atoms with Crippen LogP contribution in [-0.2, 0) is 9.53 Å². The van der Waals surface area contributed by atoms with Gasteiger partial charge in [-0.2, -0.15) is 0 Å². The Balaban J connectivity index is 1.51. The molecular formula is C15H18N2O3. The van der Waals surface area contributed by atoms with E-state index in [1.54, 1.807) is 0 Å². The summed E-state index contributed by atoms with van der Waals surface area (Å²) in [7, 11) is 0. The zero-order chi connectivity index (χ0) is 13.8. The highest BCUT2D eigenvalue weighted by atomic mass is 16.5. The molecule has 20 heavy (non-hydrogen) atoms. The number of H-pyrrole nitrogens is 1. The van der Waals surface area contributed by atoms with E-state index in [-0.39, 0.29) is 12.5 Å². The lowest BCUT2D eigenvalue weighted by molar-refractivity contribution is -0.123. The number of ether oxygens (including phenoxy) is 2. The van der Waals surface area contributed by atoms with Gasteiger partial charge in [0.25, 0.3) is 5.91 Å². The van der Waals surface area contributed by atoms with Crippen LogP contribution in [0.4, 0.5) is 0 Å². The minimum absolute atomic E-state index is 0.0396. The number of carbonyl (C=O) groups excluding carboxylic acids is 1. The average molecular weight is 274 g/mol. The van der Waals surface area contributed by atoms with Crippen molar-refractivity contribution in [2.24, 2.45) is 5.92 Å². The number of benzene rings is 1. The second kappa shape index (κ2) is 5.96. The molecule has 0 saturated carbocycles. The Morgan fingerprint density at radius 2 is 2.40 bits per heavy atom. The number of hydrogen-bond donors (Lipinski definition) is 2. The maximum absolute atomic E-state index is 11.8. The number of amides is 1. The molecule has 5 heteroatoms. The van der Waals surface area contributed by atoms with Crippen molar-refractivity contribution >= 4 is 16.8 Å². The summed E-state index contributed by atoms with van der Waals surface area (Å²) in [5.74, 6) is 1.07. The summed E-state index contributed by atoms with van der Waals surface area (Å²) in [6.45, 7) is 2.24. The van der Waals surface area contributed by atoms with Gasteiger partial charge >= 0.3 is 0 Å². The van der Waals surface area contributed by atoms with Crippen LogP contribution < -0.4 is 10.1 Å². The highest BCUT2D eigenvalue weighted by Crippen LogP contribution is 2.24. The Bertz CT molecular complexity index is 588. The third-order valence-corrected chi connectivity index (χ3v) is 3.53. The van der Waals surface area contributed by atoms with Crippen LogP contribution in [0.1, 0.15) is 6.42 Å². The van der Waals surface area contributed by atoms with E-state index in [0.29, 0.717) is 12.5 Å². The molecule has 3 rings (SSSR count). The van der Waals surface area contributed by atoms with E-state index in [1.165, 1.54) is 0 Å². The lowest BCUT2D eigenvalue weighted by Gasteiger charge is -2.11. The van der Waals surface area contributed by atoms with Gasteiger partial charge in [0.1, 0.15) is 5.75 Å². The predicted octanol–water partition coefficient (Wildman–Crippen LogP) is 1.70. The first-order chi connectivity index (χ1) is 9.83. The number of nitrogens with one attached hydrogen (secondary N) is 2. The van der Waals surface area contributed by atoms with Crippen LogP contribution in [0.2, 0.25) is 0 Å². The van der Waals surface area contributed by atoms with Gasteiger partial charge in [-0.3, -0.25) is 4.79 Å². The van der Waals surface area contributed by atoms with Crippen molar-refractivity contribution in [3.8, 4) is 5.75 Å². The highest BCUT2D eigenvalue weighted by Gasteiger charge is 2.16. The van der Waals surface area contributed by atoms with E-state index < -0.39 is 0 Å². The molecule has 2 heterocycles. The smallest absolute Gasteiger partial charge is 0.257 e. The van der Waals surface area contributed by atoms with Gasteiger partial charge in [-0.1, -0.05) is 6.07 Å². The first kappa shape index (κ1) is 13.0. The first-order valence-corrected chi connectivity index (χ1v) is 6.86. The van der Waals surface area contributed by atoms with E-state index in [9.17, 15) is 4.79 Å². The third-order valence-electron chi connectivity index (χ3n) is 3.53. The minimum Gasteiger partial charge on any atom is -0.483 e. The molecule has 1 atom stereocenters. The Hall–Kier alpha value is -2.01. The Labute approximate surface area is 117 Å². The molecule has 0 unspecified atom stereocenters. The summed E-state index contributed by atoms with van der Waals surface area (Å²) >= 11 is 0. The fourth-order valence-electron chi connectivity index (χ4n) is 2.38. The fourth-order valence-corrected chi connectivity index (χ4v) is 2.38. The van der Waals surface area contributed by atoms with E-state index in [0.717, 1.165) is 36.3 Å². The van der Waals surface area contributed by atoms with Gasteiger partial charge in [0.2, 0.25) is 0 Å². The van der Waals surface area contributed by atoms with Crippen molar-refractivity contribution in [3.05, 3.63) is 30.5 Å². The van der Waals surface area contributed by atoms with Crippen LogP contribution in [-0.4, -0.2) is 37.3 Å². The highest BCUT2D eigenvalue weighted by molar-refractivity contribution is 5.86. The van der Waals surface area contributed by atoms with Crippen molar-refractivity contribution in [1.82, 2.24) is 10.3 Å². The molecule has 0 bridgehead atoms. The number of aromatic amines is 1. The van der Waals surface area contributed by atoms with Gasteiger partial charge in [0.15, 0.2) is 6.61 Å². The summed E-state index contributed by atoms with van der Waals surface area (Å²) < 4.78 is 10.9. The van der Waals surface area contributed by atoms with E-state index in [1.807, 2.05) is 30.5 Å². The van der Waals surface area contributed by atoms with Crippen molar-refractivity contribution in [3.63, 3.8) is 0 Å². The molecule has 1 fully saturated rings. The van der Waals surface area contributed by atoms with Crippen molar-refractivity contribution in [1.29, 1.82) is 0 Å². The SMILES string of the molecule is O=C(COc1cccc2[nH]ccc12)NC[C@H]1CCOC1. The van der Waals surface area contributed by atoms with Crippen LogP contribution in [0.15, 0.2) is 30.5 Å². The third kappa shape index (κ3) is 2.93. The molecule has 1 aliphatic rings. The summed E-state index contributed by atoms with van der Waals surface area (Å²) in [6.07, 6.45) is 2.88. The van der Waals surface area contributed by atoms with Gasteiger partial charge in [-0.25, -0.2) is 0 Å². The normalized spacial score (nSPS) is 18.3. The average Bonchev–Trinajstić information content (AvgIpc) is 3.13. The maximum Gasteiger partial charge on any atom is 0.257 e. The maximum atomic E-state index is 11.8. The van der Waals surface area contributed by atoms with Crippen LogP contribution in [0.5, 0.6) is 5.75 Å². The molecule has 5 nitrogen and oxygen atoms in total. The zero-order valence-corrected chi connectivity index (χ0v) is 11.2. The number of aromatic nitrogens is 1. The van der Waals surface area contributed by atoms with Crippen LogP contribution in [0, 0.1) is 5.92 Å². The molecule has 2 aromatic rings. The quantitative estimate of drug-likeness (QED) is 0.872. The molecule has 1 aromatic heterocycles. The summed E-state index contributed by atoms with van der Waals surface area (Å²) in [5.41, 5.74) is 1.01. The van der Waals surface area contributed by atoms with Gasteiger partial charge in [-0.15, -0.1) is 0 Å². The molecule has 0 radical (unpaired) electrons. The first-order valence-electron chi connectivity index (χ1n) is 6.86. The Kier molecular flexibility index (Phi) is 3.87. The van der Waals surface area contributed by atoms with E-state index >= 15 is 0 Å². The van der Waals surface area contributed by atoms with Crippen molar-refractivity contribution in [2.45, 2.75) is 6.42 Å². The molecule has 1 saturated heterocycles. The van der Waals surface area contributed by atoms with E-state index in [4.69, 9.17) is 9.47 Å². The monoisotopic (exact) mass is 274 g/mol. The van der Waals surface area contributed by atoms with Gasteiger partial charge in [-0.05, 0) is 24.6 Å². The topological polar surface area (TPSA) is 63.4 Å². The second-order valence-electron chi connectivity index (χ2n) is 5.02. The lowest BCUT2D eigenvalue weighted by Crippen LogP contribution is -2.33. The number of rotatable bonds is 5. The molecular weight excluding hydrogens is 256 g/mol. The standard InChI is InChI=1S/C15H18N2O3/c18-15(17-8-11-5-7-19-9-11)10-20-14-3-1-2-13-12(14)4-6-16-13/h1-4,6,11,16H,5,7-10H2,(H,17,18)/t11-/m1/s1. The van der Waals surface area contributed by atoms with Gasteiger partial charge < -0.3 is 19.8 Å². The zero-order valence-electron chi connectivity index (χ0n) is 11.2. The van der Waals surface area contributed by atoms with Gasteiger partial charge in [0.05, 0.1) is 6.61 Å². The predicted molar refractivity (Wildman–Crippen MR) is 75.7 cm³/mol. The van der Waals surface area contributed by atoms with Crippen molar-refractivity contribution < 1.29 is 14.3 Å². The van der Waals surface area contributed by atoms with Crippen molar-refractivity contribution in [2.75, 3.05) is 26.4 Å². The van der Waals surface area contributed by atoms with Crippen LogP contribution in [0.3, 0.4) is 0 Å². The minimum atomic E-state index is -0.0931. The number of hydrogen-bond acceptors (Lipinski definition) is 3. The number of carbonyl (C=O) groups is 1. The summed E-state index contributed by atoms with van der Waals surface area (Å²) in [6, 6.07) is 7.69. The molecule has 1 amide bonds. The van der Waals surface area contributed by atoms with E-state index in [2.05, 4.69) is 10.3 Å². The largest absolute Gasteiger partial charge is 0.483 e. The molecule has 1 aromatic carbocycles. The Morgan fingerprint density at radius 3 is 3.25 bits per heavy atom. The summed E-state index contributed by atoms with van der Waals surface area (Å²) in [4.78, 5) is 14.9. The van der Waals surface area contributed by atoms with Crippen LogP contribution >= 0.6 is 0 Å². The fraction of sp³-hybridized carbons (Fsp3) is 0.400. The molecule has 0 spiro atoms. The summed E-state index contributed by atoms with van der Waals surface area (Å²) in [5, 5.41) is 3.88. The molecule has 1 aliphatic heterocycles. The Morgan fingerprint density at radius 1 is 1.45 bits per heavy atom.